The number of hydrogen-bond donors (Lipinski definition) is 4. The summed E-state index contributed by atoms with van der Waals surface area (Å²) in [7, 11) is 3.14. The fourth-order valence-electron chi connectivity index (χ4n) is 3.49. The minimum absolute atomic E-state index is 0.234. The van der Waals surface area contributed by atoms with Gasteiger partial charge in [-0.1, -0.05) is 54.6 Å². The van der Waals surface area contributed by atoms with E-state index in [1.165, 1.54) is 4.90 Å². The number of benzene rings is 2. The number of esters is 1. The maximum atomic E-state index is 12.3. The number of likely N-dealkylation sites (N-methyl/N-ethyl adjacent to an activating group) is 1. The van der Waals surface area contributed by atoms with Gasteiger partial charge in [0.1, 0.15) is 6.10 Å². The van der Waals surface area contributed by atoms with E-state index in [1.54, 1.807) is 14.1 Å². The molecule has 2 rings (SSSR count). The third kappa shape index (κ3) is 7.38. The van der Waals surface area contributed by atoms with Gasteiger partial charge in [-0.15, -0.1) is 0 Å². The van der Waals surface area contributed by atoms with Crippen LogP contribution in [0.2, 0.25) is 0 Å². The highest BCUT2D eigenvalue weighted by molar-refractivity contribution is 5.88. The Morgan fingerprint density at radius 1 is 0.970 bits per heavy atom. The normalized spacial score (nSPS) is 14.8. The molecule has 0 aliphatic heterocycles. The first-order valence-corrected chi connectivity index (χ1v) is 10.4. The van der Waals surface area contributed by atoms with Gasteiger partial charge in [0.05, 0.1) is 12.8 Å². The molecule has 0 aromatic heterocycles. The van der Waals surface area contributed by atoms with Gasteiger partial charge in [-0.3, -0.25) is 14.5 Å². The first-order valence-electron chi connectivity index (χ1n) is 10.4. The van der Waals surface area contributed by atoms with Crippen molar-refractivity contribution in [2.45, 2.75) is 43.6 Å². The lowest BCUT2D eigenvalue weighted by Crippen LogP contribution is -2.47. The molecule has 178 valence electrons. The molecule has 0 saturated carbocycles. The van der Waals surface area contributed by atoms with Crippen LogP contribution in [0, 0.1) is 0 Å². The summed E-state index contributed by atoms with van der Waals surface area (Å²) in [5.74, 6) is -4.56. The third-order valence-corrected chi connectivity index (χ3v) is 5.18. The Kier molecular flexibility index (Phi) is 9.10. The summed E-state index contributed by atoms with van der Waals surface area (Å²) in [5, 5.41) is 38.7. The monoisotopic (exact) mass is 459 g/mol. The van der Waals surface area contributed by atoms with Gasteiger partial charge in [-0.2, -0.15) is 0 Å². The summed E-state index contributed by atoms with van der Waals surface area (Å²) in [6.45, 7) is 0. The van der Waals surface area contributed by atoms with Gasteiger partial charge in [-0.25, -0.2) is 4.79 Å². The molecule has 0 aliphatic carbocycles. The number of carbonyl (C=O) groups excluding carboxylic acids is 1. The number of ether oxygens (including phenoxy) is 1. The van der Waals surface area contributed by atoms with Crippen molar-refractivity contribution in [3.63, 3.8) is 0 Å². The number of carbonyl (C=O) groups is 3. The van der Waals surface area contributed by atoms with Crippen molar-refractivity contribution >= 4 is 17.9 Å². The molecule has 33 heavy (non-hydrogen) atoms. The van der Waals surface area contributed by atoms with Crippen LogP contribution in [0.1, 0.15) is 24.8 Å². The minimum Gasteiger partial charge on any atom is -0.481 e. The van der Waals surface area contributed by atoms with Gasteiger partial charge in [0.2, 0.25) is 0 Å². The van der Waals surface area contributed by atoms with Crippen LogP contribution in [0.3, 0.4) is 0 Å². The number of hydrogen-bond acceptors (Lipinski definition) is 7. The van der Waals surface area contributed by atoms with Gasteiger partial charge < -0.3 is 25.2 Å². The number of carboxylic acid groups (broad SMARTS) is 2. The predicted molar refractivity (Wildman–Crippen MR) is 119 cm³/mol. The summed E-state index contributed by atoms with van der Waals surface area (Å²) in [6, 6.07) is 17.5. The Labute approximate surface area is 191 Å². The van der Waals surface area contributed by atoms with Crippen molar-refractivity contribution in [2.75, 3.05) is 14.1 Å². The largest absolute Gasteiger partial charge is 0.481 e. The smallest absolute Gasteiger partial charge is 0.336 e. The molecule has 3 atom stereocenters. The predicted octanol–water partition coefficient (Wildman–Crippen LogP) is 1.76. The number of aryl methyl sites for hydroxylation is 1. The maximum Gasteiger partial charge on any atom is 0.336 e. The van der Waals surface area contributed by atoms with Crippen LogP contribution in [0.25, 0.3) is 11.1 Å². The van der Waals surface area contributed by atoms with E-state index in [1.807, 2.05) is 54.6 Å². The van der Waals surface area contributed by atoms with Crippen LogP contribution in [-0.4, -0.2) is 75.3 Å². The molecular formula is C24H29NO8. The highest BCUT2D eigenvalue weighted by Gasteiger charge is 2.42. The summed E-state index contributed by atoms with van der Waals surface area (Å²) in [5.41, 5.74) is 0.237. The highest BCUT2D eigenvalue weighted by atomic mass is 16.6. The standard InChI is InChI=1S/C24H29NO8/c1-25(2)22(33-21(29)15-24(32,23(30)31)14-20(27)28)19(26)13-12-17-10-6-7-11-18(17)16-8-4-3-5-9-16/h3-11,19,22,26,32H,12-15H2,1-2H3,(H,27,28)(H,30,31). The summed E-state index contributed by atoms with van der Waals surface area (Å²) >= 11 is 0. The van der Waals surface area contributed by atoms with E-state index in [0.717, 1.165) is 16.7 Å². The Balaban J connectivity index is 2.08. The summed E-state index contributed by atoms with van der Waals surface area (Å²) < 4.78 is 5.23. The van der Waals surface area contributed by atoms with Crippen molar-refractivity contribution in [3.8, 4) is 11.1 Å². The van der Waals surface area contributed by atoms with Crippen molar-refractivity contribution in [2.24, 2.45) is 0 Å². The van der Waals surface area contributed by atoms with Crippen molar-refractivity contribution in [1.29, 1.82) is 0 Å². The molecule has 0 heterocycles. The Bertz CT molecular complexity index is 962. The zero-order chi connectivity index (χ0) is 24.6. The topological polar surface area (TPSA) is 145 Å². The van der Waals surface area contributed by atoms with Crippen molar-refractivity contribution < 1.29 is 39.5 Å². The zero-order valence-corrected chi connectivity index (χ0v) is 18.5. The Hall–Kier alpha value is -3.27. The molecule has 0 aliphatic rings. The fourth-order valence-corrected chi connectivity index (χ4v) is 3.49. The van der Waals surface area contributed by atoms with Crippen LogP contribution >= 0.6 is 0 Å². The van der Waals surface area contributed by atoms with E-state index >= 15 is 0 Å². The average Bonchev–Trinajstić information content (AvgIpc) is 2.75. The molecule has 9 nitrogen and oxygen atoms in total. The second-order valence-electron chi connectivity index (χ2n) is 8.06. The first kappa shape index (κ1) is 26.0. The molecule has 0 bridgehead atoms. The molecule has 0 amide bonds. The minimum atomic E-state index is -2.81. The quantitative estimate of drug-likeness (QED) is 0.276. The van der Waals surface area contributed by atoms with E-state index in [-0.39, 0.29) is 6.42 Å². The number of aliphatic hydroxyl groups excluding tert-OH is 1. The van der Waals surface area contributed by atoms with Crippen molar-refractivity contribution in [1.82, 2.24) is 4.90 Å². The first-order chi connectivity index (χ1) is 15.5. The van der Waals surface area contributed by atoms with E-state index < -0.39 is 48.7 Å². The van der Waals surface area contributed by atoms with E-state index in [2.05, 4.69) is 0 Å². The average molecular weight is 459 g/mol. The molecule has 0 fully saturated rings. The van der Waals surface area contributed by atoms with Gasteiger partial charge in [0.25, 0.3) is 0 Å². The molecule has 0 saturated heterocycles. The number of carboxylic acids is 2. The van der Waals surface area contributed by atoms with Crippen LogP contribution < -0.4 is 0 Å². The zero-order valence-electron chi connectivity index (χ0n) is 18.5. The van der Waals surface area contributed by atoms with Crippen LogP contribution in [0.5, 0.6) is 0 Å². The summed E-state index contributed by atoms with van der Waals surface area (Å²) in [6.07, 6.45) is -3.76. The van der Waals surface area contributed by atoms with E-state index in [0.29, 0.717) is 6.42 Å². The third-order valence-electron chi connectivity index (χ3n) is 5.18. The highest BCUT2D eigenvalue weighted by Crippen LogP contribution is 2.25. The lowest BCUT2D eigenvalue weighted by molar-refractivity contribution is -0.182. The Morgan fingerprint density at radius 3 is 2.15 bits per heavy atom. The molecule has 4 N–H and O–H groups in total. The number of nitrogens with zero attached hydrogens (tertiary/aromatic N) is 1. The SMILES string of the molecule is CN(C)C(OC(=O)CC(O)(CC(=O)O)C(=O)O)C(O)CCc1ccccc1-c1ccccc1. The molecule has 2 aromatic carbocycles. The molecule has 9 heteroatoms. The second kappa shape index (κ2) is 11.6. The van der Waals surface area contributed by atoms with E-state index in [9.17, 15) is 24.6 Å². The lowest BCUT2D eigenvalue weighted by atomic mass is 9.95. The maximum absolute atomic E-state index is 12.3. The van der Waals surface area contributed by atoms with Crippen LogP contribution in [-0.2, 0) is 25.5 Å². The number of aliphatic carboxylic acids is 2. The van der Waals surface area contributed by atoms with Gasteiger partial charge >= 0.3 is 17.9 Å². The molecule has 0 spiro atoms. The Morgan fingerprint density at radius 2 is 1.58 bits per heavy atom. The number of aliphatic hydroxyl groups is 2. The lowest BCUT2D eigenvalue weighted by Gasteiger charge is -2.30. The van der Waals surface area contributed by atoms with Gasteiger partial charge in [-0.05, 0) is 43.6 Å². The summed E-state index contributed by atoms with van der Waals surface area (Å²) in [4.78, 5) is 35.9. The molecule has 3 unspecified atom stereocenters. The second-order valence-corrected chi connectivity index (χ2v) is 8.06. The van der Waals surface area contributed by atoms with Crippen LogP contribution in [0.15, 0.2) is 54.6 Å². The van der Waals surface area contributed by atoms with Gasteiger partial charge in [0.15, 0.2) is 11.8 Å². The molecule has 0 radical (unpaired) electrons. The van der Waals surface area contributed by atoms with Crippen LogP contribution in [0.4, 0.5) is 0 Å². The van der Waals surface area contributed by atoms with Gasteiger partial charge in [0, 0.05) is 0 Å². The number of rotatable bonds is 12. The fraction of sp³-hybridized carbons (Fsp3) is 0.375. The molecule has 2 aromatic rings. The van der Waals surface area contributed by atoms with Crippen molar-refractivity contribution in [3.05, 3.63) is 60.2 Å². The molecular weight excluding hydrogens is 430 g/mol. The van der Waals surface area contributed by atoms with E-state index in [4.69, 9.17) is 14.9 Å².